The summed E-state index contributed by atoms with van der Waals surface area (Å²) in [5.41, 5.74) is -0.530. The van der Waals surface area contributed by atoms with Gasteiger partial charge in [0.1, 0.15) is 30.6 Å². The molecule has 0 bridgehead atoms. The van der Waals surface area contributed by atoms with Gasteiger partial charge >= 0.3 is 12.1 Å². The van der Waals surface area contributed by atoms with Gasteiger partial charge in [0.25, 0.3) is 0 Å². The number of rotatable bonds is 11. The molecule has 11 heteroatoms. The number of aliphatic imine (C=N–C) groups is 1. The third-order valence-electron chi connectivity index (χ3n) is 6.29. The van der Waals surface area contributed by atoms with E-state index in [0.717, 1.165) is 5.56 Å². The van der Waals surface area contributed by atoms with Crippen LogP contribution in [0.1, 0.15) is 81.2 Å². The molecule has 1 aromatic carbocycles. The van der Waals surface area contributed by atoms with Crippen LogP contribution in [0.2, 0.25) is 0 Å². The summed E-state index contributed by atoms with van der Waals surface area (Å²) in [6, 6.07) is 6.48. The highest BCUT2D eigenvalue weighted by atomic mass is 16.6. The zero-order chi connectivity index (χ0) is 32.5. The van der Waals surface area contributed by atoms with Gasteiger partial charge in [-0.05, 0) is 65.4 Å². The molecule has 11 nitrogen and oxygen atoms in total. The van der Waals surface area contributed by atoms with E-state index in [-0.39, 0.29) is 37.4 Å². The number of amides is 3. The molecule has 0 radical (unpaired) electrons. The van der Waals surface area contributed by atoms with Gasteiger partial charge in [-0.2, -0.15) is 0 Å². The highest BCUT2D eigenvalue weighted by Crippen LogP contribution is 2.21. The fraction of sp³-hybridized carbons (Fsp3) is 0.656. The van der Waals surface area contributed by atoms with Crippen molar-refractivity contribution in [3.05, 3.63) is 35.9 Å². The summed E-state index contributed by atoms with van der Waals surface area (Å²) in [5, 5.41) is 5.44. The molecule has 0 spiro atoms. The van der Waals surface area contributed by atoms with E-state index >= 15 is 0 Å². The molecule has 2 rings (SSSR count). The van der Waals surface area contributed by atoms with Crippen LogP contribution in [0.5, 0.6) is 0 Å². The molecule has 240 valence electrons. The summed E-state index contributed by atoms with van der Waals surface area (Å²) in [7, 11) is 0. The molecule has 1 aromatic rings. The van der Waals surface area contributed by atoms with Crippen molar-refractivity contribution in [1.29, 1.82) is 0 Å². The van der Waals surface area contributed by atoms with Crippen molar-refractivity contribution >= 4 is 29.7 Å². The Hall–Kier alpha value is -3.47. The average Bonchev–Trinajstić information content (AvgIpc) is 2.87. The largest absolute Gasteiger partial charge is 0.458 e. The highest BCUT2D eigenvalue weighted by molar-refractivity contribution is 6.08. The number of nitrogens with one attached hydrogen (secondary N) is 2. The van der Waals surface area contributed by atoms with Gasteiger partial charge in [0.2, 0.25) is 11.8 Å². The lowest BCUT2D eigenvalue weighted by Gasteiger charge is -2.39. The Bertz CT molecular complexity index is 1140. The van der Waals surface area contributed by atoms with Crippen LogP contribution in [0.15, 0.2) is 35.3 Å². The highest BCUT2D eigenvalue weighted by Gasteiger charge is 2.40. The zero-order valence-corrected chi connectivity index (χ0v) is 27.4. The summed E-state index contributed by atoms with van der Waals surface area (Å²) >= 11 is 0. The Kier molecular flexibility index (Phi) is 12.7. The molecule has 0 saturated carbocycles. The monoisotopic (exact) mass is 602 g/mol. The van der Waals surface area contributed by atoms with Gasteiger partial charge in [-0.15, -0.1) is 0 Å². The average molecular weight is 603 g/mol. The lowest BCUT2D eigenvalue weighted by atomic mass is 9.97. The molecular weight excluding hydrogens is 552 g/mol. The van der Waals surface area contributed by atoms with E-state index in [1.54, 1.807) is 20.8 Å². The Morgan fingerprint density at radius 2 is 1.65 bits per heavy atom. The molecule has 1 saturated heterocycles. The van der Waals surface area contributed by atoms with Gasteiger partial charge in [-0.1, -0.05) is 58.0 Å². The Balaban J connectivity index is 2.41. The summed E-state index contributed by atoms with van der Waals surface area (Å²) in [4.78, 5) is 59.0. The Labute approximate surface area is 256 Å². The number of alkyl carbamates (subject to hydrolysis) is 1. The first-order chi connectivity index (χ1) is 19.9. The predicted molar refractivity (Wildman–Crippen MR) is 164 cm³/mol. The number of carbonyl (C=O) groups is 4. The number of nitrogens with zero attached hydrogens (tertiary/aromatic N) is 2. The lowest BCUT2D eigenvalue weighted by molar-refractivity contribution is -0.157. The minimum Gasteiger partial charge on any atom is -0.458 e. The number of hydrogen-bond donors (Lipinski definition) is 2. The van der Waals surface area contributed by atoms with E-state index in [9.17, 15) is 19.2 Å². The van der Waals surface area contributed by atoms with Crippen molar-refractivity contribution in [3.63, 3.8) is 0 Å². The quantitative estimate of drug-likeness (QED) is 0.362. The van der Waals surface area contributed by atoms with Crippen molar-refractivity contribution in [2.24, 2.45) is 16.8 Å². The maximum Gasteiger partial charge on any atom is 0.408 e. The van der Waals surface area contributed by atoms with Crippen LogP contribution < -0.4 is 10.6 Å². The zero-order valence-electron chi connectivity index (χ0n) is 27.4. The molecule has 3 amide bonds. The van der Waals surface area contributed by atoms with Gasteiger partial charge in [0.15, 0.2) is 6.04 Å². The molecule has 1 heterocycles. The smallest absolute Gasteiger partial charge is 0.408 e. The van der Waals surface area contributed by atoms with Crippen LogP contribution in [-0.4, -0.2) is 77.1 Å². The molecule has 1 aliphatic heterocycles. The lowest BCUT2D eigenvalue weighted by Crippen LogP contribution is -2.64. The topological polar surface area (TPSA) is 136 Å². The van der Waals surface area contributed by atoms with Crippen LogP contribution in [0.4, 0.5) is 4.79 Å². The number of hydrogen-bond acceptors (Lipinski definition) is 8. The fourth-order valence-electron chi connectivity index (χ4n) is 4.31. The second-order valence-electron chi connectivity index (χ2n) is 13.6. The maximum atomic E-state index is 14.1. The van der Waals surface area contributed by atoms with E-state index in [1.165, 1.54) is 4.90 Å². The number of piperazine rings is 1. The van der Waals surface area contributed by atoms with Crippen molar-refractivity contribution in [1.82, 2.24) is 15.5 Å². The van der Waals surface area contributed by atoms with Crippen LogP contribution in [0.3, 0.4) is 0 Å². The Morgan fingerprint density at radius 3 is 2.19 bits per heavy atom. The van der Waals surface area contributed by atoms with E-state index in [2.05, 4.69) is 15.6 Å². The first kappa shape index (κ1) is 35.7. The molecule has 0 aromatic heterocycles. The number of esters is 1. The van der Waals surface area contributed by atoms with Gasteiger partial charge in [-0.25, -0.2) is 9.59 Å². The molecule has 1 aliphatic rings. The number of amidine groups is 1. The fourth-order valence-corrected chi connectivity index (χ4v) is 4.31. The second-order valence-corrected chi connectivity index (χ2v) is 13.6. The second kappa shape index (κ2) is 15.3. The van der Waals surface area contributed by atoms with E-state index < -0.39 is 53.2 Å². The van der Waals surface area contributed by atoms with Crippen molar-refractivity contribution in [2.45, 2.75) is 112 Å². The molecule has 3 atom stereocenters. The van der Waals surface area contributed by atoms with Crippen LogP contribution in [-0.2, 0) is 35.2 Å². The van der Waals surface area contributed by atoms with Crippen LogP contribution >= 0.6 is 0 Å². The minimum atomic E-state index is -1.14. The molecule has 2 N–H and O–H groups in total. The third kappa shape index (κ3) is 12.3. The number of carbonyl (C=O) groups excluding carboxylic acids is 4. The van der Waals surface area contributed by atoms with Crippen LogP contribution in [0, 0.1) is 11.8 Å². The normalized spacial score (nSPS) is 18.3. The number of ether oxygens (including phenoxy) is 3. The summed E-state index contributed by atoms with van der Waals surface area (Å²) in [6.07, 6.45) is -0.338. The maximum absolute atomic E-state index is 14.1. The molecule has 1 fully saturated rings. The van der Waals surface area contributed by atoms with E-state index in [0.29, 0.717) is 6.42 Å². The summed E-state index contributed by atoms with van der Waals surface area (Å²) in [6.45, 7) is 18.1. The van der Waals surface area contributed by atoms with Crippen molar-refractivity contribution in [3.8, 4) is 0 Å². The van der Waals surface area contributed by atoms with Crippen LogP contribution in [0.25, 0.3) is 0 Å². The molecule has 0 aliphatic carbocycles. The van der Waals surface area contributed by atoms with Gasteiger partial charge in [0.05, 0.1) is 18.2 Å². The SMILES string of the molecule is CC(C)C[C@H]1C(=N[C@H](C(=O)OC(C)(C)C)C(C)C)NC(=O)CN1C(=O)[C@H](COC(C)(C)C)NC(=O)OCc1ccccc1. The molecule has 43 heavy (non-hydrogen) atoms. The first-order valence-corrected chi connectivity index (χ1v) is 14.9. The van der Waals surface area contributed by atoms with Gasteiger partial charge in [-0.3, -0.25) is 14.6 Å². The molecule has 0 unspecified atom stereocenters. The van der Waals surface area contributed by atoms with Crippen molar-refractivity contribution in [2.75, 3.05) is 13.2 Å². The van der Waals surface area contributed by atoms with Gasteiger partial charge in [0, 0.05) is 0 Å². The first-order valence-electron chi connectivity index (χ1n) is 14.9. The molecular formula is C32H50N4O7. The van der Waals surface area contributed by atoms with Crippen molar-refractivity contribution < 1.29 is 33.4 Å². The summed E-state index contributed by atoms with van der Waals surface area (Å²) < 4.78 is 16.9. The summed E-state index contributed by atoms with van der Waals surface area (Å²) in [5.74, 6) is -1.42. The third-order valence-corrected chi connectivity index (χ3v) is 6.29. The van der Waals surface area contributed by atoms with Gasteiger partial charge < -0.3 is 29.7 Å². The Morgan fingerprint density at radius 1 is 1.02 bits per heavy atom. The predicted octanol–water partition coefficient (Wildman–Crippen LogP) is 4.23. The van der Waals surface area contributed by atoms with E-state index in [4.69, 9.17) is 14.2 Å². The minimum absolute atomic E-state index is 0.0217. The van der Waals surface area contributed by atoms with E-state index in [1.807, 2.05) is 78.8 Å². The number of benzene rings is 1. The standard InChI is InChI=1S/C32H50N4O7/c1-20(2)16-24-27(35-26(21(3)4)29(39)43-32(8,9)10)34-25(37)17-36(24)28(38)23(19-42-31(5,6)7)33-30(40)41-18-22-14-12-11-13-15-22/h11-15,20-21,23-24,26H,16-19H2,1-10H3,(H,33,40)(H,34,35,37)/t23-,24-,26-/m0/s1.